The van der Waals surface area contributed by atoms with E-state index in [-0.39, 0.29) is 11.8 Å². The van der Waals surface area contributed by atoms with Crippen LogP contribution in [0.5, 0.6) is 0 Å². The van der Waals surface area contributed by atoms with E-state index in [1.807, 2.05) is 24.3 Å². The molecule has 5 nitrogen and oxygen atoms in total. The number of nitrogens with one attached hydrogen (secondary N) is 1. The van der Waals surface area contributed by atoms with Gasteiger partial charge in [0.05, 0.1) is 0 Å². The van der Waals surface area contributed by atoms with Crippen molar-refractivity contribution in [1.29, 1.82) is 0 Å². The monoisotopic (exact) mass is 443 g/mol. The zero-order valence-electron chi connectivity index (χ0n) is 19.3. The summed E-state index contributed by atoms with van der Waals surface area (Å²) >= 11 is 0. The van der Waals surface area contributed by atoms with Gasteiger partial charge in [0.15, 0.2) is 0 Å². The molecule has 2 amide bonds. The molecule has 2 heterocycles. The number of hydrogen-bond donors (Lipinski definition) is 1. The molecule has 1 N–H and O–H groups in total. The van der Waals surface area contributed by atoms with Crippen LogP contribution in [0.15, 0.2) is 48.5 Å². The summed E-state index contributed by atoms with van der Waals surface area (Å²) in [5.74, 6) is 0.0734. The van der Waals surface area contributed by atoms with Crippen molar-refractivity contribution in [3.8, 4) is 0 Å². The third kappa shape index (κ3) is 3.86. The molecule has 0 radical (unpaired) electrons. The van der Waals surface area contributed by atoms with Crippen molar-refractivity contribution >= 4 is 17.5 Å². The van der Waals surface area contributed by atoms with E-state index in [9.17, 15) is 9.59 Å². The van der Waals surface area contributed by atoms with Crippen molar-refractivity contribution in [3.05, 3.63) is 65.2 Å². The van der Waals surface area contributed by atoms with Crippen LogP contribution in [0.25, 0.3) is 0 Å². The van der Waals surface area contributed by atoms with Crippen LogP contribution in [0.3, 0.4) is 0 Å². The number of amides is 2. The summed E-state index contributed by atoms with van der Waals surface area (Å²) in [6.45, 7) is 2.86. The van der Waals surface area contributed by atoms with Crippen molar-refractivity contribution in [2.45, 2.75) is 68.9 Å². The second-order valence-corrected chi connectivity index (χ2v) is 10.4. The van der Waals surface area contributed by atoms with Gasteiger partial charge in [-0.05, 0) is 79.8 Å². The van der Waals surface area contributed by atoms with Gasteiger partial charge in [0.1, 0.15) is 6.04 Å². The maximum atomic E-state index is 13.4. The number of likely N-dealkylation sites (tertiary alicyclic amines) is 1. The van der Waals surface area contributed by atoms with Gasteiger partial charge in [-0.2, -0.15) is 0 Å². The largest absolute Gasteiger partial charge is 0.352 e. The van der Waals surface area contributed by atoms with Crippen LogP contribution in [0.2, 0.25) is 0 Å². The van der Waals surface area contributed by atoms with Gasteiger partial charge in [-0.3, -0.25) is 14.5 Å². The number of piperidine rings is 1. The summed E-state index contributed by atoms with van der Waals surface area (Å²) in [4.78, 5) is 30.5. The van der Waals surface area contributed by atoms with Gasteiger partial charge < -0.3 is 10.2 Å². The lowest BCUT2D eigenvalue weighted by Gasteiger charge is -2.40. The molecular formula is C28H33N3O2. The van der Waals surface area contributed by atoms with Gasteiger partial charge >= 0.3 is 0 Å². The number of carbonyl (C=O) groups excluding carboxylic acids is 2. The Balaban J connectivity index is 1.09. The van der Waals surface area contributed by atoms with Crippen LogP contribution in [0.4, 0.5) is 5.69 Å². The van der Waals surface area contributed by atoms with E-state index in [1.165, 1.54) is 31.2 Å². The molecule has 5 heteroatoms. The van der Waals surface area contributed by atoms with Crippen molar-refractivity contribution in [2.75, 3.05) is 24.5 Å². The molecule has 1 spiro atoms. The van der Waals surface area contributed by atoms with Gasteiger partial charge in [0, 0.05) is 31.1 Å². The first-order valence-corrected chi connectivity index (χ1v) is 12.6. The van der Waals surface area contributed by atoms with Gasteiger partial charge in [-0.15, -0.1) is 0 Å². The maximum Gasteiger partial charge on any atom is 0.243 e. The standard InChI is InChI=1S/C28H33N3O2/c32-26(31-24-8-4-2-6-21(24)19-25(31)27(33)29-22-9-10-22)12-16-30-17-14-28(15-18-30)13-11-20-5-1-3-7-23(20)28/h1-8,22,25H,9-19H2,(H,29,33)/t25-/m0/s1. The van der Waals surface area contributed by atoms with Crippen LogP contribution in [0.1, 0.15) is 55.2 Å². The number of benzene rings is 2. The number of nitrogens with zero attached hydrogens (tertiary/aromatic N) is 2. The number of para-hydroxylation sites is 1. The van der Waals surface area contributed by atoms with E-state index in [2.05, 4.69) is 34.5 Å². The Morgan fingerprint density at radius 3 is 2.45 bits per heavy atom. The summed E-state index contributed by atoms with van der Waals surface area (Å²) in [5.41, 5.74) is 5.46. The first kappa shape index (κ1) is 20.9. The van der Waals surface area contributed by atoms with Crippen molar-refractivity contribution in [3.63, 3.8) is 0 Å². The maximum absolute atomic E-state index is 13.4. The molecule has 1 saturated carbocycles. The third-order valence-corrected chi connectivity index (χ3v) is 8.39. The van der Waals surface area contributed by atoms with E-state index in [1.54, 1.807) is 10.5 Å². The number of fused-ring (bicyclic) bond motifs is 3. The Labute approximate surface area is 196 Å². The Morgan fingerprint density at radius 2 is 1.67 bits per heavy atom. The normalized spacial score (nSPS) is 23.4. The van der Waals surface area contributed by atoms with E-state index in [0.29, 0.717) is 24.3 Å². The Kier molecular flexibility index (Phi) is 5.25. The number of carbonyl (C=O) groups is 2. The molecular weight excluding hydrogens is 410 g/mol. The van der Waals surface area contributed by atoms with Gasteiger partial charge in [-0.1, -0.05) is 42.5 Å². The van der Waals surface area contributed by atoms with Crippen LogP contribution in [-0.4, -0.2) is 48.4 Å². The van der Waals surface area contributed by atoms with Gasteiger partial charge in [0.25, 0.3) is 0 Å². The topological polar surface area (TPSA) is 52.7 Å². The Bertz CT molecular complexity index is 1070. The lowest BCUT2D eigenvalue weighted by atomic mass is 9.74. The molecule has 1 atom stereocenters. The van der Waals surface area contributed by atoms with Crippen molar-refractivity contribution in [2.24, 2.45) is 0 Å². The average molecular weight is 444 g/mol. The zero-order valence-corrected chi connectivity index (χ0v) is 19.3. The minimum atomic E-state index is -0.407. The molecule has 2 aliphatic heterocycles. The quantitative estimate of drug-likeness (QED) is 0.768. The van der Waals surface area contributed by atoms with Crippen LogP contribution in [-0.2, 0) is 27.8 Å². The van der Waals surface area contributed by atoms with E-state index in [0.717, 1.165) is 43.7 Å². The average Bonchev–Trinajstić information content (AvgIpc) is 3.47. The lowest BCUT2D eigenvalue weighted by Crippen LogP contribution is -2.49. The predicted octanol–water partition coefficient (Wildman–Crippen LogP) is 3.59. The molecule has 0 bridgehead atoms. The predicted molar refractivity (Wildman–Crippen MR) is 129 cm³/mol. The molecule has 1 saturated heterocycles. The van der Waals surface area contributed by atoms with Gasteiger partial charge in [0.2, 0.25) is 11.8 Å². The van der Waals surface area contributed by atoms with Crippen molar-refractivity contribution < 1.29 is 9.59 Å². The first-order chi connectivity index (χ1) is 16.1. The van der Waals surface area contributed by atoms with Crippen LogP contribution in [0, 0.1) is 0 Å². The number of rotatable bonds is 5. The molecule has 0 unspecified atom stereocenters. The Morgan fingerprint density at radius 1 is 0.939 bits per heavy atom. The second-order valence-electron chi connectivity index (χ2n) is 10.4. The summed E-state index contributed by atoms with van der Waals surface area (Å²) < 4.78 is 0. The third-order valence-electron chi connectivity index (χ3n) is 8.39. The molecule has 172 valence electrons. The highest BCUT2D eigenvalue weighted by Crippen LogP contribution is 2.46. The fourth-order valence-corrected chi connectivity index (χ4v) is 6.29. The highest BCUT2D eigenvalue weighted by molar-refractivity contribution is 6.03. The minimum absolute atomic E-state index is 0.00173. The Hall–Kier alpha value is -2.66. The lowest BCUT2D eigenvalue weighted by molar-refractivity contribution is -0.126. The molecule has 0 aromatic heterocycles. The summed E-state index contributed by atoms with van der Waals surface area (Å²) in [6.07, 6.45) is 8.01. The fraction of sp³-hybridized carbons (Fsp3) is 0.500. The van der Waals surface area contributed by atoms with E-state index < -0.39 is 6.04 Å². The second kappa shape index (κ2) is 8.28. The molecule has 6 rings (SSSR count). The van der Waals surface area contributed by atoms with E-state index in [4.69, 9.17) is 0 Å². The number of hydrogen-bond acceptors (Lipinski definition) is 3. The van der Waals surface area contributed by atoms with E-state index >= 15 is 0 Å². The minimum Gasteiger partial charge on any atom is -0.352 e. The molecule has 2 fully saturated rings. The highest BCUT2D eigenvalue weighted by atomic mass is 16.2. The summed E-state index contributed by atoms with van der Waals surface area (Å²) in [7, 11) is 0. The van der Waals surface area contributed by atoms with Crippen LogP contribution >= 0.6 is 0 Å². The van der Waals surface area contributed by atoms with Crippen molar-refractivity contribution in [1.82, 2.24) is 10.2 Å². The highest BCUT2D eigenvalue weighted by Gasteiger charge is 2.42. The molecule has 33 heavy (non-hydrogen) atoms. The number of anilines is 1. The summed E-state index contributed by atoms with van der Waals surface area (Å²) in [5, 5.41) is 3.11. The fourth-order valence-electron chi connectivity index (χ4n) is 6.29. The molecule has 2 aliphatic carbocycles. The molecule has 4 aliphatic rings. The zero-order chi connectivity index (χ0) is 22.4. The molecule has 2 aromatic rings. The summed E-state index contributed by atoms with van der Waals surface area (Å²) in [6, 6.07) is 16.8. The SMILES string of the molecule is O=C(NC1CC1)[C@@H]1Cc2ccccc2N1C(=O)CCN1CCC2(CCc3ccccc32)CC1. The van der Waals surface area contributed by atoms with Crippen LogP contribution < -0.4 is 10.2 Å². The van der Waals surface area contributed by atoms with Gasteiger partial charge in [-0.25, -0.2) is 0 Å². The smallest absolute Gasteiger partial charge is 0.243 e. The first-order valence-electron chi connectivity index (χ1n) is 12.6. The molecule has 2 aromatic carbocycles. The number of aryl methyl sites for hydroxylation is 1.